The number of nitrogens with one attached hydrogen (secondary N) is 1. The molecule has 1 fully saturated rings. The Hall–Kier alpha value is -3.75. The fourth-order valence-corrected chi connectivity index (χ4v) is 4.24. The maximum atomic E-state index is 14.2. The van der Waals surface area contributed by atoms with E-state index in [1.54, 1.807) is 24.3 Å². The van der Waals surface area contributed by atoms with Gasteiger partial charge in [-0.3, -0.25) is 4.68 Å². The SMILES string of the molecule is Nc1nc(-c2nn(Cc3ccccc3F)c3cc(F)ccc23)nc(N)c1NC1CCCC1. The monoisotopic (exact) mass is 435 g/mol. The Kier molecular flexibility index (Phi) is 5.08. The topological polar surface area (TPSA) is 108 Å². The Bertz CT molecular complexity index is 1270. The van der Waals surface area contributed by atoms with Crippen molar-refractivity contribution in [3.05, 3.63) is 59.7 Å². The van der Waals surface area contributed by atoms with E-state index in [9.17, 15) is 8.78 Å². The Morgan fingerprint density at radius 1 is 1.00 bits per heavy atom. The molecule has 1 saturated carbocycles. The molecule has 1 aliphatic rings. The van der Waals surface area contributed by atoms with Crippen LogP contribution in [-0.2, 0) is 6.54 Å². The number of aromatic nitrogens is 4. The molecular weight excluding hydrogens is 412 g/mol. The van der Waals surface area contributed by atoms with E-state index in [1.807, 2.05) is 0 Å². The van der Waals surface area contributed by atoms with Crippen LogP contribution in [0.25, 0.3) is 22.4 Å². The number of nitrogen functional groups attached to an aromatic ring is 2. The molecule has 0 saturated heterocycles. The molecule has 9 heteroatoms. The van der Waals surface area contributed by atoms with E-state index in [1.165, 1.54) is 35.7 Å². The summed E-state index contributed by atoms with van der Waals surface area (Å²) in [6.45, 7) is 0.124. The molecule has 5 rings (SSSR count). The Morgan fingerprint density at radius 3 is 2.44 bits per heavy atom. The van der Waals surface area contributed by atoms with E-state index in [4.69, 9.17) is 11.5 Å². The van der Waals surface area contributed by atoms with Gasteiger partial charge in [-0.15, -0.1) is 0 Å². The molecule has 1 aliphatic carbocycles. The van der Waals surface area contributed by atoms with Crippen LogP contribution in [0.3, 0.4) is 0 Å². The zero-order valence-electron chi connectivity index (χ0n) is 17.4. The fraction of sp³-hybridized carbons (Fsp3) is 0.261. The summed E-state index contributed by atoms with van der Waals surface area (Å²) in [5.74, 6) is -0.0755. The number of halogens is 2. The van der Waals surface area contributed by atoms with Crippen molar-refractivity contribution >= 4 is 28.2 Å². The zero-order chi connectivity index (χ0) is 22.2. The molecule has 0 radical (unpaired) electrons. The largest absolute Gasteiger partial charge is 0.382 e. The first-order valence-corrected chi connectivity index (χ1v) is 10.6. The molecule has 0 atom stereocenters. The summed E-state index contributed by atoms with van der Waals surface area (Å²) < 4.78 is 29.8. The summed E-state index contributed by atoms with van der Waals surface area (Å²) >= 11 is 0. The van der Waals surface area contributed by atoms with Crippen molar-refractivity contribution in [1.29, 1.82) is 0 Å². The number of rotatable bonds is 5. The third-order valence-electron chi connectivity index (χ3n) is 5.87. The van der Waals surface area contributed by atoms with Crippen molar-refractivity contribution in [2.24, 2.45) is 0 Å². The van der Waals surface area contributed by atoms with E-state index in [-0.39, 0.29) is 29.8 Å². The van der Waals surface area contributed by atoms with Crippen molar-refractivity contribution in [1.82, 2.24) is 19.7 Å². The molecule has 2 aromatic heterocycles. The zero-order valence-corrected chi connectivity index (χ0v) is 17.4. The van der Waals surface area contributed by atoms with Gasteiger partial charge in [0.2, 0.25) is 0 Å². The number of anilines is 3. The third kappa shape index (κ3) is 3.70. The average molecular weight is 435 g/mol. The van der Waals surface area contributed by atoms with E-state index in [0.717, 1.165) is 12.8 Å². The fourth-order valence-electron chi connectivity index (χ4n) is 4.24. The number of hydrogen-bond donors (Lipinski definition) is 3. The second-order valence-corrected chi connectivity index (χ2v) is 8.08. The predicted molar refractivity (Wildman–Crippen MR) is 121 cm³/mol. The quantitative estimate of drug-likeness (QED) is 0.430. The first-order valence-electron chi connectivity index (χ1n) is 10.6. The van der Waals surface area contributed by atoms with Gasteiger partial charge >= 0.3 is 0 Å². The number of nitrogens with zero attached hydrogens (tertiary/aromatic N) is 4. The standard InChI is InChI=1S/C23H23F2N7/c24-14-9-10-16-18(11-14)32(12-13-5-1-4-8-17(13)25)31-19(16)23-29-21(26)20(22(27)30-23)28-15-6-2-3-7-15/h1,4-5,8-11,15,28H,2-3,6-7,12H2,(H4,26,27,29,30). The number of benzene rings is 2. The highest BCUT2D eigenvalue weighted by atomic mass is 19.1. The van der Waals surface area contributed by atoms with Crippen molar-refractivity contribution in [3.63, 3.8) is 0 Å². The molecule has 0 amide bonds. The first-order chi connectivity index (χ1) is 15.5. The van der Waals surface area contributed by atoms with Crippen LogP contribution in [0, 0.1) is 11.6 Å². The van der Waals surface area contributed by atoms with Gasteiger partial charge in [-0.2, -0.15) is 5.10 Å². The van der Waals surface area contributed by atoms with Crippen molar-refractivity contribution in [2.75, 3.05) is 16.8 Å². The second-order valence-electron chi connectivity index (χ2n) is 8.08. The van der Waals surface area contributed by atoms with Gasteiger partial charge in [0.05, 0.1) is 12.1 Å². The molecular formula is C23H23F2N7. The van der Waals surface area contributed by atoms with Crippen molar-refractivity contribution in [3.8, 4) is 11.5 Å². The van der Waals surface area contributed by atoms with Gasteiger partial charge in [0, 0.05) is 17.0 Å². The lowest BCUT2D eigenvalue weighted by Gasteiger charge is -2.16. The molecule has 0 bridgehead atoms. The van der Waals surface area contributed by atoms with Crippen molar-refractivity contribution < 1.29 is 8.78 Å². The van der Waals surface area contributed by atoms with Gasteiger partial charge < -0.3 is 16.8 Å². The summed E-state index contributed by atoms with van der Waals surface area (Å²) in [4.78, 5) is 8.87. The van der Waals surface area contributed by atoms with E-state index in [0.29, 0.717) is 33.9 Å². The average Bonchev–Trinajstić information content (AvgIpc) is 3.40. The summed E-state index contributed by atoms with van der Waals surface area (Å²) in [5.41, 5.74) is 14.3. The van der Waals surface area contributed by atoms with Crippen LogP contribution in [-0.4, -0.2) is 25.8 Å². The first kappa shape index (κ1) is 20.2. The summed E-state index contributed by atoms with van der Waals surface area (Å²) in [7, 11) is 0. The minimum absolute atomic E-state index is 0.124. The molecule has 0 aliphatic heterocycles. The molecule has 164 valence electrons. The number of fused-ring (bicyclic) bond motifs is 1. The highest BCUT2D eigenvalue weighted by Gasteiger charge is 2.22. The molecule has 2 aromatic carbocycles. The lowest BCUT2D eigenvalue weighted by atomic mass is 10.2. The summed E-state index contributed by atoms with van der Waals surface area (Å²) in [5, 5.41) is 8.56. The molecule has 32 heavy (non-hydrogen) atoms. The Morgan fingerprint density at radius 2 is 1.72 bits per heavy atom. The Labute approximate surface area is 183 Å². The second kappa shape index (κ2) is 8.07. The lowest BCUT2D eigenvalue weighted by molar-refractivity contribution is 0.589. The van der Waals surface area contributed by atoms with Gasteiger partial charge in [0.15, 0.2) is 17.5 Å². The van der Waals surface area contributed by atoms with Crippen LogP contribution in [0.15, 0.2) is 42.5 Å². The third-order valence-corrected chi connectivity index (χ3v) is 5.87. The van der Waals surface area contributed by atoms with Gasteiger partial charge in [-0.05, 0) is 37.1 Å². The molecule has 2 heterocycles. The Balaban J connectivity index is 1.57. The van der Waals surface area contributed by atoms with Gasteiger partial charge in [-0.1, -0.05) is 31.0 Å². The minimum atomic E-state index is -0.421. The lowest BCUT2D eigenvalue weighted by Crippen LogP contribution is -2.18. The van der Waals surface area contributed by atoms with E-state index in [2.05, 4.69) is 20.4 Å². The highest BCUT2D eigenvalue weighted by molar-refractivity contribution is 5.92. The van der Waals surface area contributed by atoms with Crippen molar-refractivity contribution in [2.45, 2.75) is 38.3 Å². The van der Waals surface area contributed by atoms with Crippen LogP contribution in [0.4, 0.5) is 26.1 Å². The van der Waals surface area contributed by atoms with Crippen LogP contribution in [0.5, 0.6) is 0 Å². The number of nitrogens with two attached hydrogens (primary N) is 2. The molecule has 0 spiro atoms. The van der Waals surface area contributed by atoms with Crippen LogP contribution < -0.4 is 16.8 Å². The maximum Gasteiger partial charge on any atom is 0.184 e. The van der Waals surface area contributed by atoms with Crippen LogP contribution in [0.2, 0.25) is 0 Å². The van der Waals surface area contributed by atoms with Crippen LogP contribution in [0.1, 0.15) is 31.2 Å². The molecule has 5 N–H and O–H groups in total. The van der Waals surface area contributed by atoms with Gasteiger partial charge in [0.25, 0.3) is 0 Å². The van der Waals surface area contributed by atoms with E-state index < -0.39 is 5.82 Å². The van der Waals surface area contributed by atoms with E-state index >= 15 is 0 Å². The normalized spacial score (nSPS) is 14.3. The molecule has 0 unspecified atom stereocenters. The maximum absolute atomic E-state index is 14.2. The molecule has 7 nitrogen and oxygen atoms in total. The smallest absolute Gasteiger partial charge is 0.184 e. The van der Waals surface area contributed by atoms with Gasteiger partial charge in [0.1, 0.15) is 23.0 Å². The summed E-state index contributed by atoms with van der Waals surface area (Å²) in [6.07, 6.45) is 4.44. The van der Waals surface area contributed by atoms with Crippen LogP contribution >= 0.6 is 0 Å². The molecule has 4 aromatic rings. The summed E-state index contributed by atoms with van der Waals surface area (Å²) in [6, 6.07) is 11.0. The predicted octanol–water partition coefficient (Wildman–Crippen LogP) is 4.34. The van der Waals surface area contributed by atoms with Gasteiger partial charge in [-0.25, -0.2) is 18.7 Å². The number of hydrogen-bond acceptors (Lipinski definition) is 6. The highest BCUT2D eigenvalue weighted by Crippen LogP contribution is 2.33. The minimum Gasteiger partial charge on any atom is -0.382 e.